The Bertz CT molecular complexity index is 558. The van der Waals surface area contributed by atoms with Crippen molar-refractivity contribution in [1.29, 1.82) is 0 Å². The van der Waals surface area contributed by atoms with Crippen LogP contribution in [0.25, 0.3) is 0 Å². The zero-order valence-corrected chi connectivity index (χ0v) is 12.5. The molecule has 1 heterocycles. The lowest BCUT2D eigenvalue weighted by Crippen LogP contribution is -2.43. The van der Waals surface area contributed by atoms with Gasteiger partial charge in [0.1, 0.15) is 5.54 Å². The van der Waals surface area contributed by atoms with E-state index in [1.165, 1.54) is 7.11 Å². The monoisotopic (exact) mass is 316 g/mol. The topological polar surface area (TPSA) is 91.3 Å². The van der Waals surface area contributed by atoms with E-state index in [4.69, 9.17) is 33.7 Å². The van der Waals surface area contributed by atoms with Gasteiger partial charge in [-0.15, -0.1) is 0 Å². The van der Waals surface area contributed by atoms with Crippen LogP contribution in [0, 0.1) is 5.92 Å². The van der Waals surface area contributed by atoms with Crippen LogP contribution in [-0.2, 0) is 14.3 Å². The summed E-state index contributed by atoms with van der Waals surface area (Å²) in [6.45, 7) is 1.57. The summed E-state index contributed by atoms with van der Waals surface area (Å²) in [5, 5.41) is 3.80. The summed E-state index contributed by atoms with van der Waals surface area (Å²) in [6.07, 6.45) is 0. The summed E-state index contributed by atoms with van der Waals surface area (Å²) in [6, 6.07) is 4.53. The molecule has 0 radical (unpaired) electrons. The Hall–Kier alpha value is -1.30. The molecule has 1 fully saturated rings. The Kier molecular flexibility index (Phi) is 3.95. The van der Waals surface area contributed by atoms with Crippen molar-refractivity contribution in [2.45, 2.75) is 18.5 Å². The predicted molar refractivity (Wildman–Crippen MR) is 75.4 cm³/mol. The number of nitrogens with one attached hydrogen (secondary N) is 1. The molecular formula is C13H14Cl2N2O3. The molecule has 1 amide bonds. The number of hydrogen-bond donors (Lipinski definition) is 2. The molecule has 20 heavy (non-hydrogen) atoms. The highest BCUT2D eigenvalue weighted by atomic mass is 35.5. The molecule has 1 aromatic rings. The maximum absolute atomic E-state index is 12.1. The van der Waals surface area contributed by atoms with Crippen molar-refractivity contribution in [3.8, 4) is 0 Å². The van der Waals surface area contributed by atoms with Gasteiger partial charge in [0.05, 0.1) is 19.1 Å². The maximum atomic E-state index is 12.1. The third kappa shape index (κ3) is 2.16. The van der Waals surface area contributed by atoms with Crippen molar-refractivity contribution in [1.82, 2.24) is 5.32 Å². The number of hydrogen-bond acceptors (Lipinski definition) is 4. The lowest BCUT2D eigenvalue weighted by atomic mass is 9.87. The summed E-state index contributed by atoms with van der Waals surface area (Å²) in [7, 11) is 1.25. The first-order valence-corrected chi connectivity index (χ1v) is 6.71. The van der Waals surface area contributed by atoms with Crippen LogP contribution in [0.4, 0.5) is 0 Å². The van der Waals surface area contributed by atoms with Gasteiger partial charge in [0.25, 0.3) is 0 Å². The number of carbonyl (C=O) groups is 2. The molecule has 108 valence electrons. The molecule has 1 aromatic carbocycles. The van der Waals surface area contributed by atoms with Gasteiger partial charge in [0.2, 0.25) is 5.91 Å². The lowest BCUT2D eigenvalue weighted by Gasteiger charge is -2.18. The van der Waals surface area contributed by atoms with E-state index in [1.54, 1.807) is 25.1 Å². The van der Waals surface area contributed by atoms with E-state index >= 15 is 0 Å². The number of primary amides is 1. The SMILES string of the molecule is COC(=O)[C@]1([C@@H](C)C(N)=O)N[C@@H]1c1c(Cl)cccc1Cl. The Morgan fingerprint density at radius 3 is 2.40 bits per heavy atom. The van der Waals surface area contributed by atoms with Crippen LogP contribution in [0.1, 0.15) is 18.5 Å². The average Bonchev–Trinajstić information content (AvgIpc) is 3.13. The van der Waals surface area contributed by atoms with Gasteiger partial charge in [0, 0.05) is 15.6 Å². The zero-order valence-electron chi connectivity index (χ0n) is 10.9. The number of methoxy groups -OCH3 is 1. The molecule has 3 N–H and O–H groups in total. The van der Waals surface area contributed by atoms with E-state index in [0.717, 1.165) is 0 Å². The number of rotatable bonds is 4. The fourth-order valence-electron chi connectivity index (χ4n) is 2.41. The molecule has 0 aliphatic carbocycles. The van der Waals surface area contributed by atoms with Crippen molar-refractivity contribution in [2.24, 2.45) is 11.7 Å². The molecule has 1 aliphatic rings. The van der Waals surface area contributed by atoms with Crippen molar-refractivity contribution < 1.29 is 14.3 Å². The molecule has 5 nitrogen and oxygen atoms in total. The van der Waals surface area contributed by atoms with E-state index in [9.17, 15) is 9.59 Å². The molecule has 3 atom stereocenters. The van der Waals surface area contributed by atoms with Crippen LogP contribution in [0.2, 0.25) is 10.0 Å². The van der Waals surface area contributed by atoms with Crippen LogP contribution in [-0.4, -0.2) is 24.5 Å². The predicted octanol–water partition coefficient (Wildman–Crippen LogP) is 1.67. The van der Waals surface area contributed by atoms with Crippen molar-refractivity contribution in [2.75, 3.05) is 7.11 Å². The molecule has 0 unspecified atom stereocenters. The molecule has 0 bridgehead atoms. The van der Waals surface area contributed by atoms with Gasteiger partial charge < -0.3 is 10.5 Å². The highest BCUT2D eigenvalue weighted by Crippen LogP contribution is 2.50. The largest absolute Gasteiger partial charge is 0.468 e. The van der Waals surface area contributed by atoms with Crippen LogP contribution in [0.3, 0.4) is 0 Å². The van der Waals surface area contributed by atoms with Crippen molar-refractivity contribution in [3.63, 3.8) is 0 Å². The Balaban J connectivity index is 2.46. The van der Waals surface area contributed by atoms with E-state index in [-0.39, 0.29) is 0 Å². The fraction of sp³-hybridized carbons (Fsp3) is 0.385. The smallest absolute Gasteiger partial charge is 0.328 e. The van der Waals surface area contributed by atoms with Gasteiger partial charge in [0.15, 0.2) is 0 Å². The maximum Gasteiger partial charge on any atom is 0.328 e. The van der Waals surface area contributed by atoms with E-state index in [1.807, 2.05) is 0 Å². The number of benzene rings is 1. The molecule has 1 aliphatic heterocycles. The summed E-state index contributed by atoms with van der Waals surface area (Å²) < 4.78 is 4.78. The lowest BCUT2D eigenvalue weighted by molar-refractivity contribution is -0.147. The molecule has 1 saturated heterocycles. The quantitative estimate of drug-likeness (QED) is 0.653. The first-order chi connectivity index (χ1) is 9.36. The highest BCUT2D eigenvalue weighted by molar-refractivity contribution is 6.36. The Labute approximate surface area is 126 Å². The third-order valence-electron chi connectivity index (χ3n) is 3.68. The molecule has 2 rings (SSSR count). The van der Waals surface area contributed by atoms with Gasteiger partial charge in [-0.3, -0.25) is 10.1 Å². The van der Waals surface area contributed by atoms with Gasteiger partial charge >= 0.3 is 5.97 Å². The van der Waals surface area contributed by atoms with Gasteiger partial charge in [-0.1, -0.05) is 36.2 Å². The summed E-state index contributed by atoms with van der Waals surface area (Å²) in [5.74, 6) is -1.93. The van der Waals surface area contributed by atoms with Gasteiger partial charge in [-0.2, -0.15) is 0 Å². The van der Waals surface area contributed by atoms with E-state index < -0.39 is 29.4 Å². The van der Waals surface area contributed by atoms with Crippen LogP contribution in [0.5, 0.6) is 0 Å². The normalized spacial score (nSPS) is 25.9. The minimum atomic E-state index is -1.21. The second-order valence-corrected chi connectivity index (χ2v) is 5.51. The second-order valence-electron chi connectivity index (χ2n) is 4.70. The minimum Gasteiger partial charge on any atom is -0.468 e. The van der Waals surface area contributed by atoms with Crippen LogP contribution >= 0.6 is 23.2 Å². The van der Waals surface area contributed by atoms with E-state index in [2.05, 4.69) is 5.32 Å². The number of nitrogens with two attached hydrogens (primary N) is 1. The average molecular weight is 317 g/mol. The summed E-state index contributed by atoms with van der Waals surface area (Å²) in [5.41, 5.74) is 4.67. The van der Waals surface area contributed by atoms with Crippen LogP contribution < -0.4 is 11.1 Å². The number of halogens is 2. The number of carbonyl (C=O) groups excluding carboxylic acids is 2. The Morgan fingerprint density at radius 2 is 1.95 bits per heavy atom. The molecule has 0 saturated carbocycles. The summed E-state index contributed by atoms with van der Waals surface area (Å²) in [4.78, 5) is 23.5. The number of ether oxygens (including phenoxy) is 1. The third-order valence-corrected chi connectivity index (χ3v) is 4.34. The van der Waals surface area contributed by atoms with Crippen LogP contribution in [0.15, 0.2) is 18.2 Å². The molecule has 0 aromatic heterocycles. The Morgan fingerprint density at radius 1 is 1.40 bits per heavy atom. The number of esters is 1. The van der Waals surface area contributed by atoms with Crippen molar-refractivity contribution in [3.05, 3.63) is 33.8 Å². The first kappa shape index (κ1) is 15.1. The van der Waals surface area contributed by atoms with E-state index in [0.29, 0.717) is 15.6 Å². The first-order valence-electron chi connectivity index (χ1n) is 5.95. The molecular weight excluding hydrogens is 303 g/mol. The van der Waals surface area contributed by atoms with Gasteiger partial charge in [-0.05, 0) is 12.1 Å². The molecule has 0 spiro atoms. The second kappa shape index (κ2) is 5.24. The number of amides is 1. The molecule has 7 heteroatoms. The fourth-order valence-corrected chi connectivity index (χ4v) is 3.02. The van der Waals surface area contributed by atoms with Crippen molar-refractivity contribution >= 4 is 35.1 Å². The summed E-state index contributed by atoms with van der Waals surface area (Å²) >= 11 is 12.3. The highest BCUT2D eigenvalue weighted by Gasteiger charge is 2.67. The van der Waals surface area contributed by atoms with Gasteiger partial charge in [-0.25, -0.2) is 4.79 Å². The standard InChI is InChI=1S/C13H14Cl2N2O3/c1-6(11(16)18)13(12(19)20-2)10(17-13)9-7(14)4-3-5-8(9)15/h3-6,10,17H,1-2H3,(H2,16,18)/t6-,10+,13+/m0/s1. The minimum absolute atomic E-state index is 0.414. The zero-order chi connectivity index (χ0) is 15.1.